The summed E-state index contributed by atoms with van der Waals surface area (Å²) < 4.78 is 65.5. The lowest BCUT2D eigenvalue weighted by atomic mass is 9.99. The number of thiophene rings is 4. The lowest BCUT2D eigenvalue weighted by molar-refractivity contribution is -0.156. The van der Waals surface area contributed by atoms with E-state index in [0.717, 1.165) is 115 Å². The molecule has 4 aliphatic heterocycles. The van der Waals surface area contributed by atoms with E-state index in [4.69, 9.17) is 80.6 Å². The Morgan fingerprint density at radius 3 is 0.938 bits per heavy atom. The fraction of sp³-hybridized carbons (Fsp3) is 0.344. The number of alkyl halides is 3. The van der Waals surface area contributed by atoms with Crippen molar-refractivity contribution in [2.45, 2.75) is 211 Å². The Morgan fingerprint density at radius 2 is 0.669 bits per heavy atom. The second-order valence-electron chi connectivity index (χ2n) is 34.3. The third-order valence-electron chi connectivity index (χ3n) is 21.2. The highest BCUT2D eigenvalue weighted by molar-refractivity contribution is 7.16. The zero-order chi connectivity index (χ0) is 93.8. The van der Waals surface area contributed by atoms with Gasteiger partial charge in [-0.2, -0.15) is 13.2 Å². The number of rotatable bonds is 14. The molecule has 0 aliphatic carbocycles. The van der Waals surface area contributed by atoms with Crippen LogP contribution in [0.3, 0.4) is 0 Å². The molecule has 4 aromatic carbocycles. The SMILES string of the molecule is Cc1sc2c(c1C)C(c1ccc(Cl)cc1)=N[C@@H](CC(=O)N/C=C/c1ncc[nH]1)c1nnc(C)n1-2.Cc1sc2c(c1C)C(c1ccc(Cl)cc1)=N[C@@H](CC(=O)OC(C)(C)C)c1nnc(C(F)(F)F)n1-2.Cc1sc2c(c1C)C(c1ccc(Cl)cc1)=N[C@@H](CC(=O)OC(C)(C)C)c1nnc(C)n1-2.Cc1sc2c(c1C)C(c1ccc(Cl)cc1)=N[C@H](CC(=O)OC(C)(C)C)c1nnc(C)n1-2. The summed E-state index contributed by atoms with van der Waals surface area (Å²) in [5.74, 6) is 2.24. The fourth-order valence-corrected chi connectivity index (χ4v) is 20.3. The third kappa shape index (κ3) is 20.7. The monoisotopic (exact) mass is 1910 g/mol. The average molecular weight is 1920 g/mol. The van der Waals surface area contributed by atoms with Crippen molar-refractivity contribution in [1.82, 2.24) is 74.3 Å². The lowest BCUT2D eigenvalue weighted by Gasteiger charge is -2.21. The van der Waals surface area contributed by atoms with Crippen LogP contribution in [0.5, 0.6) is 0 Å². The predicted octanol–water partition coefficient (Wildman–Crippen LogP) is 22.0. The van der Waals surface area contributed by atoms with Crippen LogP contribution in [0.4, 0.5) is 13.2 Å². The molecule has 17 rings (SSSR count). The number of H-pyrrole nitrogens is 1. The summed E-state index contributed by atoms with van der Waals surface area (Å²) in [5, 5.41) is 42.1. The van der Waals surface area contributed by atoms with Crippen molar-refractivity contribution in [1.29, 1.82) is 0 Å². The standard InChI is InChI=1S/C24H22ClN7OS.C23H22ClF3N4O2S.2C23H25ClN4O2S/c1-13-14(2)34-24-21(13)22(16-4-6-17(25)7-5-16)29-18(23-31-30-15(3)32(23)24)12-20(33)28-9-8-19-26-10-11-27-19;1-11-12(2)34-20-17(11)18(13-6-8-14(24)9-7-13)28-15(10-16(32)33-22(3,4)5)19-29-30-21(31(19)20)23(25,26)27;2*1-12-13(2)31-22-19(12)20(15-7-9-16(24)10-8-15)25-17(11-18(29)30-23(4,5)6)21-27-26-14(3)28(21)22/h4-11,18H,12H2,1-3H3,(H,26,27)(H,28,33);6-9,15H,10H2,1-5H3;2*7-10,17H,11H2,1-6H3/b9-8+;;;/t18-;15-;2*17-/m0010/s1. The molecule has 4 aliphatic rings. The minimum atomic E-state index is -4.75. The fourth-order valence-electron chi connectivity index (χ4n) is 15.0. The first kappa shape index (κ1) is 94.8. The number of amides is 1. The maximum atomic E-state index is 14.0. The van der Waals surface area contributed by atoms with Gasteiger partial charge in [-0.15, -0.1) is 86.1 Å². The lowest BCUT2D eigenvalue weighted by Crippen LogP contribution is -2.25. The Kier molecular flexibility index (Phi) is 27.6. The van der Waals surface area contributed by atoms with Crippen molar-refractivity contribution >= 4 is 144 Å². The molecule has 0 spiro atoms. The van der Waals surface area contributed by atoms with Gasteiger partial charge in [0.15, 0.2) is 23.3 Å². The number of aromatic amines is 1. The normalized spacial score (nSPS) is 15.6. The topological polar surface area (TPSA) is 309 Å². The van der Waals surface area contributed by atoms with Crippen LogP contribution in [0.25, 0.3) is 26.1 Å². The van der Waals surface area contributed by atoms with E-state index in [0.29, 0.717) is 65.2 Å². The molecule has 13 aromatic rings. The highest BCUT2D eigenvalue weighted by atomic mass is 35.5. The number of aromatic nitrogens is 14. The number of halogens is 7. The summed E-state index contributed by atoms with van der Waals surface area (Å²) in [6.07, 6.45) is 1.87. The van der Waals surface area contributed by atoms with Gasteiger partial charge in [0.2, 0.25) is 11.7 Å². The largest absolute Gasteiger partial charge is 0.460 e. The molecule has 676 valence electrons. The number of hydrogen-bond acceptors (Lipinski definition) is 24. The van der Waals surface area contributed by atoms with Gasteiger partial charge in [0, 0.05) is 103 Å². The summed E-state index contributed by atoms with van der Waals surface area (Å²) >= 11 is 30.7. The van der Waals surface area contributed by atoms with Gasteiger partial charge in [-0.1, -0.05) is 94.9 Å². The number of esters is 3. The van der Waals surface area contributed by atoms with Crippen LogP contribution in [0, 0.1) is 76.2 Å². The molecule has 1 amide bonds. The van der Waals surface area contributed by atoms with Crippen LogP contribution in [0.15, 0.2) is 136 Å². The maximum absolute atomic E-state index is 14.0. The number of carbonyl (C=O) groups excluding carboxylic acids is 4. The maximum Gasteiger partial charge on any atom is 0.452 e. The van der Waals surface area contributed by atoms with E-state index in [1.54, 1.807) is 104 Å². The molecule has 26 nitrogen and oxygen atoms in total. The number of carbonyl (C=O) groups is 4. The third-order valence-corrected chi connectivity index (χ3v) is 27.0. The van der Waals surface area contributed by atoms with Crippen LogP contribution >= 0.6 is 91.8 Å². The Balaban J connectivity index is 0.000000140. The molecule has 37 heteroatoms. The molecule has 0 unspecified atom stereocenters. The van der Waals surface area contributed by atoms with Gasteiger partial charge in [-0.25, -0.2) is 4.98 Å². The summed E-state index contributed by atoms with van der Waals surface area (Å²) in [4.78, 5) is 82.5. The van der Waals surface area contributed by atoms with Gasteiger partial charge >= 0.3 is 24.1 Å². The van der Waals surface area contributed by atoms with Gasteiger partial charge in [-0.3, -0.25) is 57.4 Å². The number of nitrogens with one attached hydrogen (secondary N) is 2. The second-order valence-corrected chi connectivity index (χ2v) is 40.9. The predicted molar refractivity (Wildman–Crippen MR) is 505 cm³/mol. The van der Waals surface area contributed by atoms with Crippen molar-refractivity contribution in [3.05, 3.63) is 274 Å². The molecular weight excluding hydrogens is 1820 g/mol. The van der Waals surface area contributed by atoms with Crippen LogP contribution in [0.1, 0.15) is 251 Å². The van der Waals surface area contributed by atoms with E-state index in [2.05, 4.69) is 97.6 Å². The molecule has 0 fully saturated rings. The molecule has 0 bridgehead atoms. The van der Waals surface area contributed by atoms with E-state index in [1.165, 1.54) is 26.0 Å². The van der Waals surface area contributed by atoms with Gasteiger partial charge in [0.05, 0.1) is 48.5 Å². The first-order chi connectivity index (χ1) is 61.3. The van der Waals surface area contributed by atoms with E-state index < -0.39 is 58.9 Å². The molecule has 13 heterocycles. The molecular formula is C93H94Cl4F3N19O7S4. The Hall–Kier alpha value is -11.3. The van der Waals surface area contributed by atoms with Crippen LogP contribution < -0.4 is 5.32 Å². The number of fused-ring (bicyclic) bond motifs is 12. The minimum Gasteiger partial charge on any atom is -0.460 e. The molecule has 9 aromatic heterocycles. The number of hydrogen-bond donors (Lipinski definition) is 2. The van der Waals surface area contributed by atoms with Crippen LogP contribution in [0.2, 0.25) is 20.1 Å². The molecule has 130 heavy (non-hydrogen) atoms. The van der Waals surface area contributed by atoms with Crippen molar-refractivity contribution in [3.63, 3.8) is 0 Å². The highest BCUT2D eigenvalue weighted by Crippen LogP contribution is 2.47. The van der Waals surface area contributed by atoms with Gasteiger partial charge in [0.25, 0.3) is 0 Å². The molecule has 2 N–H and O–H groups in total. The van der Waals surface area contributed by atoms with Crippen molar-refractivity contribution in [3.8, 4) is 20.0 Å². The Morgan fingerprint density at radius 1 is 0.400 bits per heavy atom. The van der Waals surface area contributed by atoms with Gasteiger partial charge < -0.3 is 24.5 Å². The summed E-state index contributed by atoms with van der Waals surface area (Å²) in [6.45, 7) is 38.3. The number of ether oxygens (including phenoxy) is 3. The van der Waals surface area contributed by atoms with Crippen LogP contribution in [-0.4, -0.2) is 132 Å². The van der Waals surface area contributed by atoms with Gasteiger partial charge in [-0.05, 0) is 215 Å². The molecule has 0 saturated heterocycles. The average Bonchev–Trinajstić information content (AvgIpc) is 1.63. The summed E-state index contributed by atoms with van der Waals surface area (Å²) in [6, 6.07) is 27.2. The first-order valence-corrected chi connectivity index (χ1v) is 46.2. The number of imidazole rings is 1. The van der Waals surface area contributed by atoms with E-state index >= 15 is 0 Å². The van der Waals surface area contributed by atoms with E-state index in [1.807, 2.05) is 163 Å². The first-order valence-electron chi connectivity index (χ1n) is 41.4. The number of nitrogens with zero attached hydrogens (tertiary/aromatic N) is 17. The smallest absolute Gasteiger partial charge is 0.452 e. The van der Waals surface area contributed by atoms with Gasteiger partial charge in [0.1, 0.15) is 84.3 Å². The Labute approximate surface area is 785 Å². The minimum absolute atomic E-state index is 0.0651. The molecule has 4 atom stereocenters. The highest BCUT2D eigenvalue weighted by Gasteiger charge is 2.45. The van der Waals surface area contributed by atoms with Crippen molar-refractivity contribution in [2.24, 2.45) is 20.0 Å². The van der Waals surface area contributed by atoms with E-state index in [9.17, 15) is 32.3 Å². The number of aryl methyl sites for hydroxylation is 7. The zero-order valence-electron chi connectivity index (χ0n) is 74.9. The molecule has 0 saturated carbocycles. The number of aliphatic imine (C=N–C) groups is 4. The Bertz CT molecular complexity index is 6480. The second kappa shape index (κ2) is 37.9. The van der Waals surface area contributed by atoms with Crippen LogP contribution in [-0.2, 0) is 39.6 Å². The quantitative estimate of drug-likeness (QED) is 0.0755. The number of benzene rings is 4. The van der Waals surface area contributed by atoms with Crippen molar-refractivity contribution in [2.75, 3.05) is 0 Å². The summed E-state index contributed by atoms with van der Waals surface area (Å²) in [5.41, 5.74) is 12.4. The molecule has 0 radical (unpaired) electrons. The summed E-state index contributed by atoms with van der Waals surface area (Å²) in [7, 11) is 0. The van der Waals surface area contributed by atoms with E-state index in [-0.39, 0.29) is 49.4 Å². The zero-order valence-corrected chi connectivity index (χ0v) is 81.2. The van der Waals surface area contributed by atoms with Crippen molar-refractivity contribution < 1.29 is 46.6 Å².